The lowest BCUT2D eigenvalue weighted by Gasteiger charge is -2.18. The SMILES string of the molecule is O=C(NC1CCCC1CBr)C1CC1. The van der Waals surface area contributed by atoms with E-state index in [4.69, 9.17) is 0 Å². The van der Waals surface area contributed by atoms with Crippen LogP contribution in [0.3, 0.4) is 0 Å². The van der Waals surface area contributed by atoms with Gasteiger partial charge in [0.15, 0.2) is 0 Å². The molecule has 13 heavy (non-hydrogen) atoms. The first kappa shape index (κ1) is 9.50. The van der Waals surface area contributed by atoms with E-state index in [0.29, 0.717) is 23.8 Å². The maximum Gasteiger partial charge on any atom is 0.223 e. The van der Waals surface area contributed by atoms with Crippen LogP contribution in [0.15, 0.2) is 0 Å². The summed E-state index contributed by atoms with van der Waals surface area (Å²) in [5.41, 5.74) is 0. The molecule has 2 atom stereocenters. The molecule has 2 nitrogen and oxygen atoms in total. The predicted octanol–water partition coefficient (Wildman–Crippen LogP) is 2.08. The fourth-order valence-corrected chi connectivity index (χ4v) is 2.83. The van der Waals surface area contributed by atoms with Crippen LogP contribution in [0, 0.1) is 11.8 Å². The van der Waals surface area contributed by atoms with Gasteiger partial charge in [-0.15, -0.1) is 0 Å². The van der Waals surface area contributed by atoms with E-state index in [1.54, 1.807) is 0 Å². The summed E-state index contributed by atoms with van der Waals surface area (Å²) < 4.78 is 0. The van der Waals surface area contributed by atoms with Gasteiger partial charge in [0, 0.05) is 17.3 Å². The summed E-state index contributed by atoms with van der Waals surface area (Å²) in [6.45, 7) is 0. The molecular formula is C10H16BrNO. The van der Waals surface area contributed by atoms with E-state index in [1.165, 1.54) is 19.3 Å². The highest BCUT2D eigenvalue weighted by molar-refractivity contribution is 9.09. The van der Waals surface area contributed by atoms with Crippen molar-refractivity contribution in [3.8, 4) is 0 Å². The second kappa shape index (κ2) is 3.99. The lowest BCUT2D eigenvalue weighted by molar-refractivity contribution is -0.123. The zero-order valence-electron chi connectivity index (χ0n) is 7.76. The van der Waals surface area contributed by atoms with Gasteiger partial charge in [0.2, 0.25) is 5.91 Å². The van der Waals surface area contributed by atoms with Crippen molar-refractivity contribution in [2.24, 2.45) is 11.8 Å². The number of halogens is 1. The van der Waals surface area contributed by atoms with Gasteiger partial charge in [-0.3, -0.25) is 4.79 Å². The molecule has 2 aliphatic rings. The minimum Gasteiger partial charge on any atom is -0.353 e. The molecule has 2 saturated carbocycles. The van der Waals surface area contributed by atoms with Gasteiger partial charge in [-0.25, -0.2) is 0 Å². The fraction of sp³-hybridized carbons (Fsp3) is 0.900. The smallest absolute Gasteiger partial charge is 0.223 e. The molecule has 1 amide bonds. The van der Waals surface area contributed by atoms with Crippen molar-refractivity contribution in [2.45, 2.75) is 38.1 Å². The zero-order valence-corrected chi connectivity index (χ0v) is 9.35. The Morgan fingerprint density at radius 2 is 2.08 bits per heavy atom. The zero-order chi connectivity index (χ0) is 9.26. The van der Waals surface area contributed by atoms with E-state index in [9.17, 15) is 4.79 Å². The minimum atomic E-state index is 0.304. The number of alkyl halides is 1. The Morgan fingerprint density at radius 3 is 2.69 bits per heavy atom. The first-order valence-corrected chi connectivity index (χ1v) is 6.29. The highest BCUT2D eigenvalue weighted by Gasteiger charge is 2.34. The van der Waals surface area contributed by atoms with Crippen molar-refractivity contribution in [2.75, 3.05) is 5.33 Å². The number of rotatable bonds is 3. The average Bonchev–Trinajstić information content (AvgIpc) is 2.88. The molecule has 3 heteroatoms. The molecule has 0 aromatic carbocycles. The van der Waals surface area contributed by atoms with Gasteiger partial charge >= 0.3 is 0 Å². The summed E-state index contributed by atoms with van der Waals surface area (Å²) in [4.78, 5) is 11.5. The molecule has 0 aromatic rings. The van der Waals surface area contributed by atoms with E-state index >= 15 is 0 Å². The quantitative estimate of drug-likeness (QED) is 0.759. The van der Waals surface area contributed by atoms with E-state index in [1.807, 2.05) is 0 Å². The molecule has 2 rings (SSSR count). The van der Waals surface area contributed by atoms with Gasteiger partial charge in [-0.1, -0.05) is 22.4 Å². The van der Waals surface area contributed by atoms with Crippen molar-refractivity contribution < 1.29 is 4.79 Å². The third kappa shape index (κ3) is 2.25. The topological polar surface area (TPSA) is 29.1 Å². The molecule has 2 fully saturated rings. The first-order valence-electron chi connectivity index (χ1n) is 5.17. The monoisotopic (exact) mass is 245 g/mol. The average molecular weight is 246 g/mol. The van der Waals surface area contributed by atoms with Crippen LogP contribution < -0.4 is 5.32 Å². The van der Waals surface area contributed by atoms with E-state index < -0.39 is 0 Å². The third-order valence-electron chi connectivity index (χ3n) is 3.13. The van der Waals surface area contributed by atoms with Gasteiger partial charge in [-0.05, 0) is 31.6 Å². The third-order valence-corrected chi connectivity index (χ3v) is 3.96. The van der Waals surface area contributed by atoms with Crippen molar-refractivity contribution in [1.29, 1.82) is 0 Å². The normalized spacial score (nSPS) is 33.3. The van der Waals surface area contributed by atoms with Crippen LogP contribution in [0.4, 0.5) is 0 Å². The molecular weight excluding hydrogens is 230 g/mol. The second-order valence-corrected chi connectivity index (χ2v) is 4.88. The van der Waals surface area contributed by atoms with Crippen LogP contribution in [-0.2, 0) is 4.79 Å². The van der Waals surface area contributed by atoms with E-state index in [2.05, 4.69) is 21.2 Å². The molecule has 2 unspecified atom stereocenters. The summed E-state index contributed by atoms with van der Waals surface area (Å²) >= 11 is 3.51. The molecule has 0 aliphatic heterocycles. The lowest BCUT2D eigenvalue weighted by atomic mass is 10.1. The molecule has 0 radical (unpaired) electrons. The second-order valence-electron chi connectivity index (χ2n) is 4.23. The Hall–Kier alpha value is -0.0500. The molecule has 0 saturated heterocycles. The van der Waals surface area contributed by atoms with Crippen LogP contribution >= 0.6 is 15.9 Å². The summed E-state index contributed by atoms with van der Waals surface area (Å²) in [5.74, 6) is 1.33. The van der Waals surface area contributed by atoms with Crippen LogP contribution in [-0.4, -0.2) is 17.3 Å². The standard InChI is InChI=1S/C10H16BrNO/c11-6-8-2-1-3-9(8)12-10(13)7-4-5-7/h7-9H,1-6H2,(H,12,13). The number of amides is 1. The summed E-state index contributed by atoms with van der Waals surface area (Å²) in [6, 6.07) is 0.451. The maximum atomic E-state index is 11.5. The summed E-state index contributed by atoms with van der Waals surface area (Å²) in [5, 5.41) is 4.20. The van der Waals surface area contributed by atoms with E-state index in [0.717, 1.165) is 18.2 Å². The van der Waals surface area contributed by atoms with Gasteiger partial charge in [0.05, 0.1) is 0 Å². The van der Waals surface area contributed by atoms with Crippen molar-refractivity contribution >= 4 is 21.8 Å². The Morgan fingerprint density at radius 1 is 1.31 bits per heavy atom. The number of carbonyl (C=O) groups is 1. The minimum absolute atomic E-state index is 0.304. The van der Waals surface area contributed by atoms with E-state index in [-0.39, 0.29) is 0 Å². The van der Waals surface area contributed by atoms with Crippen LogP contribution in [0.2, 0.25) is 0 Å². The maximum absolute atomic E-state index is 11.5. The molecule has 0 aromatic heterocycles. The number of hydrogen-bond acceptors (Lipinski definition) is 1. The number of nitrogens with one attached hydrogen (secondary N) is 1. The van der Waals surface area contributed by atoms with Crippen LogP contribution in [0.1, 0.15) is 32.1 Å². The summed E-state index contributed by atoms with van der Waals surface area (Å²) in [6.07, 6.45) is 5.93. The summed E-state index contributed by atoms with van der Waals surface area (Å²) in [7, 11) is 0. The van der Waals surface area contributed by atoms with Gasteiger partial charge in [0.25, 0.3) is 0 Å². The Bertz CT molecular complexity index is 203. The molecule has 0 spiro atoms. The largest absolute Gasteiger partial charge is 0.353 e. The van der Waals surface area contributed by atoms with Crippen molar-refractivity contribution in [3.05, 3.63) is 0 Å². The highest BCUT2D eigenvalue weighted by atomic mass is 79.9. The van der Waals surface area contributed by atoms with Crippen molar-refractivity contribution in [1.82, 2.24) is 5.32 Å². The van der Waals surface area contributed by atoms with Crippen LogP contribution in [0.5, 0.6) is 0 Å². The fourth-order valence-electron chi connectivity index (χ4n) is 2.06. The lowest BCUT2D eigenvalue weighted by Crippen LogP contribution is -2.38. The number of carbonyl (C=O) groups excluding carboxylic acids is 1. The molecule has 1 N–H and O–H groups in total. The highest BCUT2D eigenvalue weighted by Crippen LogP contribution is 2.31. The Labute approximate surface area is 87.6 Å². The Balaban J connectivity index is 1.82. The van der Waals surface area contributed by atoms with Gasteiger partial charge < -0.3 is 5.32 Å². The van der Waals surface area contributed by atoms with Crippen molar-refractivity contribution in [3.63, 3.8) is 0 Å². The molecule has 0 heterocycles. The Kier molecular flexibility index (Phi) is 2.92. The molecule has 2 aliphatic carbocycles. The van der Waals surface area contributed by atoms with Gasteiger partial charge in [0.1, 0.15) is 0 Å². The predicted molar refractivity (Wildman–Crippen MR) is 55.8 cm³/mol. The molecule has 74 valence electrons. The number of hydrogen-bond donors (Lipinski definition) is 1. The van der Waals surface area contributed by atoms with Gasteiger partial charge in [-0.2, -0.15) is 0 Å². The molecule has 0 bridgehead atoms. The van der Waals surface area contributed by atoms with Crippen LogP contribution in [0.25, 0.3) is 0 Å². The first-order chi connectivity index (χ1) is 6.31.